The van der Waals surface area contributed by atoms with Crippen LogP contribution in [-0.2, 0) is 11.3 Å². The van der Waals surface area contributed by atoms with E-state index < -0.39 is 0 Å². The molecule has 0 N–H and O–H groups in total. The van der Waals surface area contributed by atoms with Gasteiger partial charge in [-0.2, -0.15) is 0 Å². The number of pyridine rings is 1. The highest BCUT2D eigenvalue weighted by molar-refractivity contribution is 5.08. The number of rotatable bonds is 6. The molecule has 2 saturated heterocycles. The highest BCUT2D eigenvalue weighted by atomic mass is 16.5. The number of hydrogen-bond acceptors (Lipinski definition) is 4. The van der Waals surface area contributed by atoms with Crippen LogP contribution in [0.2, 0.25) is 0 Å². The highest BCUT2D eigenvalue weighted by Crippen LogP contribution is 2.37. The van der Waals surface area contributed by atoms with Gasteiger partial charge >= 0.3 is 0 Å². The Bertz CT molecular complexity index is 527. The van der Waals surface area contributed by atoms with Gasteiger partial charge in [0, 0.05) is 45.1 Å². The number of ether oxygens (including phenoxy) is 1. The van der Waals surface area contributed by atoms with E-state index in [-0.39, 0.29) is 5.60 Å². The van der Waals surface area contributed by atoms with Gasteiger partial charge < -0.3 is 9.64 Å². The summed E-state index contributed by atoms with van der Waals surface area (Å²) in [7, 11) is 2.21. The topological polar surface area (TPSA) is 28.6 Å². The van der Waals surface area contributed by atoms with Crippen molar-refractivity contribution >= 4 is 0 Å². The van der Waals surface area contributed by atoms with Crippen molar-refractivity contribution in [1.29, 1.82) is 0 Å². The normalized spacial score (nSPS) is 27.0. The fraction of sp³-hybridized carbons (Fsp3) is 0.762. The molecular formula is C21H33N3O. The maximum absolute atomic E-state index is 6.38. The molecule has 1 aromatic heterocycles. The van der Waals surface area contributed by atoms with Gasteiger partial charge in [0.05, 0.1) is 12.2 Å². The molecule has 4 heteroatoms. The number of nitrogens with zero attached hydrogens (tertiary/aromatic N) is 3. The maximum Gasteiger partial charge on any atom is 0.0935 e. The Morgan fingerprint density at radius 3 is 2.76 bits per heavy atom. The summed E-state index contributed by atoms with van der Waals surface area (Å²) in [6.45, 7) is 6.72. The van der Waals surface area contributed by atoms with E-state index in [1.54, 1.807) is 0 Å². The van der Waals surface area contributed by atoms with Gasteiger partial charge in [-0.3, -0.25) is 9.88 Å². The Balaban J connectivity index is 1.16. The van der Waals surface area contributed by atoms with Crippen LogP contribution >= 0.6 is 0 Å². The zero-order valence-corrected chi connectivity index (χ0v) is 15.7. The van der Waals surface area contributed by atoms with E-state index in [0.717, 1.165) is 25.6 Å². The standard InChI is InChI=1S/C21H33N3O/c1-23(12-19-7-4-10-22-11-19)13-20-8-9-21(25-15-20)16-24(17-21)14-18-5-2-3-6-18/h4,7,10-11,18,20H,2-3,5-6,8-9,12-17H2,1H3/t20-/m0/s1. The van der Waals surface area contributed by atoms with Crippen molar-refractivity contribution < 1.29 is 4.74 Å². The summed E-state index contributed by atoms with van der Waals surface area (Å²) in [4.78, 5) is 9.27. The first-order chi connectivity index (χ1) is 12.2. The average molecular weight is 344 g/mol. The van der Waals surface area contributed by atoms with Crippen LogP contribution in [0.4, 0.5) is 0 Å². The van der Waals surface area contributed by atoms with Crippen molar-refractivity contribution in [2.75, 3.05) is 39.8 Å². The number of aromatic nitrogens is 1. The van der Waals surface area contributed by atoms with E-state index in [9.17, 15) is 0 Å². The first-order valence-corrected chi connectivity index (χ1v) is 10.1. The lowest BCUT2D eigenvalue weighted by molar-refractivity contribution is -0.183. The zero-order valence-electron chi connectivity index (χ0n) is 15.7. The van der Waals surface area contributed by atoms with E-state index in [0.29, 0.717) is 5.92 Å². The first-order valence-electron chi connectivity index (χ1n) is 10.1. The van der Waals surface area contributed by atoms with Gasteiger partial charge in [-0.05, 0) is 56.2 Å². The Morgan fingerprint density at radius 1 is 1.24 bits per heavy atom. The summed E-state index contributed by atoms with van der Waals surface area (Å²) >= 11 is 0. The fourth-order valence-electron chi connectivity index (χ4n) is 5.08. The Hall–Kier alpha value is -0.970. The summed E-state index contributed by atoms with van der Waals surface area (Å²) < 4.78 is 6.38. The molecule has 1 atom stereocenters. The summed E-state index contributed by atoms with van der Waals surface area (Å²) in [6.07, 6.45) is 12.2. The summed E-state index contributed by atoms with van der Waals surface area (Å²) in [6, 6.07) is 4.17. The predicted octanol–water partition coefficient (Wildman–Crippen LogP) is 3.18. The second-order valence-electron chi connectivity index (χ2n) is 8.78. The fourth-order valence-corrected chi connectivity index (χ4v) is 5.08. The van der Waals surface area contributed by atoms with Crippen LogP contribution in [0.1, 0.15) is 44.1 Å². The molecule has 25 heavy (non-hydrogen) atoms. The predicted molar refractivity (Wildman–Crippen MR) is 100 cm³/mol. The number of likely N-dealkylation sites (tertiary alicyclic amines) is 1. The molecular weight excluding hydrogens is 310 g/mol. The lowest BCUT2D eigenvalue weighted by Crippen LogP contribution is -2.65. The van der Waals surface area contributed by atoms with Gasteiger partial charge in [0.1, 0.15) is 0 Å². The third-order valence-electron chi connectivity index (χ3n) is 6.39. The second-order valence-corrected chi connectivity index (χ2v) is 8.78. The third kappa shape index (κ3) is 4.42. The molecule has 0 bridgehead atoms. The first kappa shape index (κ1) is 17.4. The van der Waals surface area contributed by atoms with E-state index in [2.05, 4.69) is 27.9 Å². The summed E-state index contributed by atoms with van der Waals surface area (Å²) in [5, 5.41) is 0. The van der Waals surface area contributed by atoms with Crippen LogP contribution < -0.4 is 0 Å². The molecule has 3 aliphatic rings. The molecule has 4 rings (SSSR count). The van der Waals surface area contributed by atoms with Crippen molar-refractivity contribution in [2.24, 2.45) is 11.8 Å². The van der Waals surface area contributed by atoms with Gasteiger partial charge in [-0.1, -0.05) is 18.9 Å². The van der Waals surface area contributed by atoms with Crippen molar-refractivity contribution in [3.8, 4) is 0 Å². The van der Waals surface area contributed by atoms with Crippen LogP contribution in [0, 0.1) is 11.8 Å². The van der Waals surface area contributed by atoms with E-state index in [4.69, 9.17) is 4.74 Å². The summed E-state index contributed by atoms with van der Waals surface area (Å²) in [5.74, 6) is 1.64. The van der Waals surface area contributed by atoms with Crippen molar-refractivity contribution in [3.63, 3.8) is 0 Å². The zero-order chi connectivity index (χ0) is 17.1. The number of hydrogen-bond donors (Lipinski definition) is 0. The average Bonchev–Trinajstić information content (AvgIpc) is 3.09. The molecule has 0 amide bonds. The van der Waals surface area contributed by atoms with Gasteiger partial charge in [0.25, 0.3) is 0 Å². The third-order valence-corrected chi connectivity index (χ3v) is 6.39. The van der Waals surface area contributed by atoms with Gasteiger partial charge in [-0.25, -0.2) is 0 Å². The molecule has 3 heterocycles. The molecule has 0 unspecified atom stereocenters. The van der Waals surface area contributed by atoms with Crippen LogP contribution in [0.5, 0.6) is 0 Å². The largest absolute Gasteiger partial charge is 0.372 e. The van der Waals surface area contributed by atoms with Crippen LogP contribution in [-0.4, -0.2) is 60.2 Å². The van der Waals surface area contributed by atoms with Gasteiger partial charge in [0.15, 0.2) is 0 Å². The minimum Gasteiger partial charge on any atom is -0.372 e. The lowest BCUT2D eigenvalue weighted by atomic mass is 9.82. The second kappa shape index (κ2) is 7.73. The molecule has 4 nitrogen and oxygen atoms in total. The van der Waals surface area contributed by atoms with Crippen molar-refractivity contribution in [2.45, 2.75) is 50.7 Å². The molecule has 0 aromatic carbocycles. The Labute approximate surface area is 152 Å². The Morgan fingerprint density at radius 2 is 2.08 bits per heavy atom. The quantitative estimate of drug-likeness (QED) is 0.793. The smallest absolute Gasteiger partial charge is 0.0935 e. The van der Waals surface area contributed by atoms with Crippen LogP contribution in [0.25, 0.3) is 0 Å². The van der Waals surface area contributed by atoms with Gasteiger partial charge in [0.2, 0.25) is 0 Å². The summed E-state index contributed by atoms with van der Waals surface area (Å²) in [5.41, 5.74) is 1.50. The minimum atomic E-state index is 0.205. The van der Waals surface area contributed by atoms with Crippen molar-refractivity contribution in [3.05, 3.63) is 30.1 Å². The molecule has 3 fully saturated rings. The monoisotopic (exact) mass is 343 g/mol. The molecule has 1 aromatic rings. The Kier molecular flexibility index (Phi) is 5.39. The van der Waals surface area contributed by atoms with E-state index >= 15 is 0 Å². The van der Waals surface area contributed by atoms with E-state index in [1.807, 2.05) is 18.5 Å². The molecule has 1 saturated carbocycles. The SMILES string of the molecule is CN(Cc1cccnc1)C[C@@H]1CCC2(CN(CC3CCCC3)C2)OC1. The maximum atomic E-state index is 6.38. The van der Waals surface area contributed by atoms with Crippen LogP contribution in [0.15, 0.2) is 24.5 Å². The molecule has 1 aliphatic carbocycles. The van der Waals surface area contributed by atoms with E-state index in [1.165, 1.54) is 63.7 Å². The highest BCUT2D eigenvalue weighted by Gasteiger charge is 2.46. The molecule has 138 valence electrons. The molecule has 1 spiro atoms. The molecule has 0 radical (unpaired) electrons. The lowest BCUT2D eigenvalue weighted by Gasteiger charge is -2.53. The van der Waals surface area contributed by atoms with Crippen LogP contribution in [0.3, 0.4) is 0 Å². The molecule has 2 aliphatic heterocycles. The van der Waals surface area contributed by atoms with Crippen molar-refractivity contribution in [1.82, 2.24) is 14.8 Å². The van der Waals surface area contributed by atoms with Gasteiger partial charge in [-0.15, -0.1) is 0 Å². The minimum absolute atomic E-state index is 0.205.